The van der Waals surface area contributed by atoms with Crippen LogP contribution in [0.5, 0.6) is 5.75 Å². The first-order valence-electron chi connectivity index (χ1n) is 10.2. The molecule has 2 aliphatic heterocycles. The molecule has 2 fully saturated rings. The van der Waals surface area contributed by atoms with E-state index < -0.39 is 0 Å². The van der Waals surface area contributed by atoms with Crippen LogP contribution >= 0.6 is 0 Å². The molecule has 148 valence electrons. The van der Waals surface area contributed by atoms with Crippen molar-refractivity contribution in [1.82, 2.24) is 10.2 Å². The average Bonchev–Trinajstić information content (AvgIpc) is 3.22. The lowest BCUT2D eigenvalue weighted by Crippen LogP contribution is -2.35. The van der Waals surface area contributed by atoms with E-state index in [0.29, 0.717) is 35.9 Å². The minimum atomic E-state index is -0.0228. The Labute approximate surface area is 161 Å². The van der Waals surface area contributed by atoms with Gasteiger partial charge in [0.1, 0.15) is 5.75 Å². The fraction of sp³-hybridized carbons (Fsp3) is 0.619. The van der Waals surface area contributed by atoms with Crippen LogP contribution in [0.25, 0.3) is 0 Å². The zero-order chi connectivity index (χ0) is 19.1. The number of benzene rings is 1. The standard InChI is InChI=1S/C21H31N3O3/c1-2-27-19-8-7-17(21(26)24-12-4-3-5-13-24)14-18(19)23-20(25)9-6-16-10-11-22-15-16/h7-8,14,16,22H,2-6,9-13,15H2,1H3,(H,23,25). The largest absolute Gasteiger partial charge is 0.492 e. The van der Waals surface area contributed by atoms with Gasteiger partial charge in [-0.15, -0.1) is 0 Å². The monoisotopic (exact) mass is 373 g/mol. The van der Waals surface area contributed by atoms with E-state index in [2.05, 4.69) is 10.6 Å². The van der Waals surface area contributed by atoms with Crippen molar-refractivity contribution >= 4 is 17.5 Å². The highest BCUT2D eigenvalue weighted by Gasteiger charge is 2.20. The Morgan fingerprint density at radius 3 is 2.78 bits per heavy atom. The molecule has 2 saturated heterocycles. The van der Waals surface area contributed by atoms with Crippen molar-refractivity contribution in [3.05, 3.63) is 23.8 Å². The number of likely N-dealkylation sites (tertiary alicyclic amines) is 1. The van der Waals surface area contributed by atoms with E-state index in [1.54, 1.807) is 18.2 Å². The first kappa shape index (κ1) is 19.7. The summed E-state index contributed by atoms with van der Waals surface area (Å²) in [6.45, 7) is 6.08. The van der Waals surface area contributed by atoms with Gasteiger partial charge in [-0.2, -0.15) is 0 Å². The van der Waals surface area contributed by atoms with Gasteiger partial charge in [-0.05, 0) is 76.2 Å². The summed E-state index contributed by atoms with van der Waals surface area (Å²) < 4.78 is 5.65. The molecule has 1 aromatic rings. The lowest BCUT2D eigenvalue weighted by atomic mass is 10.0. The maximum atomic E-state index is 12.8. The number of nitrogens with one attached hydrogen (secondary N) is 2. The van der Waals surface area contributed by atoms with Crippen molar-refractivity contribution < 1.29 is 14.3 Å². The number of nitrogens with zero attached hydrogens (tertiary/aromatic N) is 1. The van der Waals surface area contributed by atoms with Gasteiger partial charge < -0.3 is 20.3 Å². The van der Waals surface area contributed by atoms with Crippen LogP contribution < -0.4 is 15.4 Å². The number of piperidine rings is 1. The van der Waals surface area contributed by atoms with Crippen LogP contribution in [0.2, 0.25) is 0 Å². The van der Waals surface area contributed by atoms with E-state index in [0.717, 1.165) is 51.9 Å². The summed E-state index contributed by atoms with van der Waals surface area (Å²) >= 11 is 0. The van der Waals surface area contributed by atoms with E-state index >= 15 is 0 Å². The smallest absolute Gasteiger partial charge is 0.253 e. The van der Waals surface area contributed by atoms with Gasteiger partial charge in [0.25, 0.3) is 5.91 Å². The third-order valence-electron chi connectivity index (χ3n) is 5.39. The molecule has 0 spiro atoms. The topological polar surface area (TPSA) is 70.7 Å². The van der Waals surface area contributed by atoms with Gasteiger partial charge in [-0.3, -0.25) is 9.59 Å². The summed E-state index contributed by atoms with van der Waals surface area (Å²) in [5.74, 6) is 1.20. The zero-order valence-corrected chi connectivity index (χ0v) is 16.3. The summed E-state index contributed by atoms with van der Waals surface area (Å²) in [6, 6.07) is 5.34. The average molecular weight is 373 g/mol. The van der Waals surface area contributed by atoms with E-state index in [1.807, 2.05) is 11.8 Å². The van der Waals surface area contributed by atoms with Gasteiger partial charge in [0.15, 0.2) is 0 Å². The Kier molecular flexibility index (Phi) is 7.10. The molecular weight excluding hydrogens is 342 g/mol. The second-order valence-corrected chi connectivity index (χ2v) is 7.44. The van der Waals surface area contributed by atoms with Gasteiger partial charge in [0.2, 0.25) is 5.91 Å². The Bertz CT molecular complexity index is 650. The quantitative estimate of drug-likeness (QED) is 0.771. The molecule has 2 heterocycles. The number of anilines is 1. The first-order chi connectivity index (χ1) is 13.2. The first-order valence-corrected chi connectivity index (χ1v) is 10.2. The fourth-order valence-electron chi connectivity index (χ4n) is 3.83. The Hall–Kier alpha value is -2.08. The molecule has 27 heavy (non-hydrogen) atoms. The van der Waals surface area contributed by atoms with Crippen molar-refractivity contribution in [2.45, 2.75) is 45.4 Å². The van der Waals surface area contributed by atoms with Gasteiger partial charge in [-0.25, -0.2) is 0 Å². The minimum Gasteiger partial charge on any atom is -0.492 e. The number of hydrogen-bond acceptors (Lipinski definition) is 4. The SMILES string of the molecule is CCOc1ccc(C(=O)N2CCCCC2)cc1NC(=O)CCC1CCNC1. The number of rotatable bonds is 7. The third-order valence-corrected chi connectivity index (χ3v) is 5.39. The number of amides is 2. The molecule has 2 N–H and O–H groups in total. The van der Waals surface area contributed by atoms with Crippen LogP contribution in [-0.2, 0) is 4.79 Å². The molecule has 0 aromatic heterocycles. The van der Waals surface area contributed by atoms with Crippen molar-refractivity contribution in [3.63, 3.8) is 0 Å². The van der Waals surface area contributed by atoms with E-state index in [9.17, 15) is 9.59 Å². The van der Waals surface area contributed by atoms with Crippen LogP contribution in [0.4, 0.5) is 5.69 Å². The molecule has 1 unspecified atom stereocenters. The van der Waals surface area contributed by atoms with E-state index in [-0.39, 0.29) is 11.8 Å². The van der Waals surface area contributed by atoms with Crippen LogP contribution in [0.3, 0.4) is 0 Å². The molecule has 6 heteroatoms. The summed E-state index contributed by atoms with van der Waals surface area (Å²) in [4.78, 5) is 27.1. The number of carbonyl (C=O) groups is 2. The molecule has 0 radical (unpaired) electrons. The highest BCUT2D eigenvalue weighted by Crippen LogP contribution is 2.28. The van der Waals surface area contributed by atoms with E-state index in [4.69, 9.17) is 4.74 Å². The molecule has 0 aliphatic carbocycles. The highest BCUT2D eigenvalue weighted by molar-refractivity contribution is 5.98. The summed E-state index contributed by atoms with van der Waals surface area (Å²) in [5.41, 5.74) is 1.20. The Morgan fingerprint density at radius 2 is 2.07 bits per heavy atom. The van der Waals surface area contributed by atoms with Crippen LogP contribution in [-0.4, -0.2) is 49.5 Å². The number of ether oxygens (including phenoxy) is 1. The molecular formula is C21H31N3O3. The lowest BCUT2D eigenvalue weighted by Gasteiger charge is -2.27. The van der Waals surface area contributed by atoms with Crippen molar-refractivity contribution in [2.75, 3.05) is 38.1 Å². The molecule has 2 aliphatic rings. The molecule has 6 nitrogen and oxygen atoms in total. The fourth-order valence-corrected chi connectivity index (χ4v) is 3.83. The number of carbonyl (C=O) groups excluding carboxylic acids is 2. The van der Waals surface area contributed by atoms with Crippen molar-refractivity contribution in [1.29, 1.82) is 0 Å². The van der Waals surface area contributed by atoms with Gasteiger partial charge >= 0.3 is 0 Å². The van der Waals surface area contributed by atoms with E-state index in [1.165, 1.54) is 6.42 Å². The Balaban J connectivity index is 1.66. The van der Waals surface area contributed by atoms with Crippen molar-refractivity contribution in [3.8, 4) is 5.75 Å². The predicted molar refractivity (Wildman–Crippen MR) is 106 cm³/mol. The minimum absolute atomic E-state index is 0.0228. The second-order valence-electron chi connectivity index (χ2n) is 7.44. The Morgan fingerprint density at radius 1 is 1.26 bits per heavy atom. The molecule has 0 bridgehead atoms. The summed E-state index contributed by atoms with van der Waals surface area (Å²) in [6.07, 6.45) is 5.81. The summed E-state index contributed by atoms with van der Waals surface area (Å²) in [5, 5.41) is 6.29. The lowest BCUT2D eigenvalue weighted by molar-refractivity contribution is -0.116. The van der Waals surface area contributed by atoms with Crippen LogP contribution in [0, 0.1) is 5.92 Å². The molecule has 1 atom stereocenters. The van der Waals surface area contributed by atoms with Crippen molar-refractivity contribution in [2.24, 2.45) is 5.92 Å². The van der Waals surface area contributed by atoms with Gasteiger partial charge in [0, 0.05) is 25.1 Å². The number of hydrogen-bond donors (Lipinski definition) is 2. The molecule has 1 aromatic carbocycles. The van der Waals surface area contributed by atoms with Crippen LogP contribution in [0.15, 0.2) is 18.2 Å². The second kappa shape index (κ2) is 9.74. The maximum Gasteiger partial charge on any atom is 0.253 e. The van der Waals surface area contributed by atoms with Gasteiger partial charge in [0.05, 0.1) is 12.3 Å². The maximum absolute atomic E-state index is 12.8. The molecule has 3 rings (SSSR count). The highest BCUT2D eigenvalue weighted by atomic mass is 16.5. The molecule has 0 saturated carbocycles. The third kappa shape index (κ3) is 5.45. The summed E-state index contributed by atoms with van der Waals surface area (Å²) in [7, 11) is 0. The zero-order valence-electron chi connectivity index (χ0n) is 16.3. The normalized spacial score (nSPS) is 19.7. The van der Waals surface area contributed by atoms with Gasteiger partial charge in [-0.1, -0.05) is 0 Å². The predicted octanol–water partition coefficient (Wildman–Crippen LogP) is 3.04. The van der Waals surface area contributed by atoms with Crippen LogP contribution in [0.1, 0.15) is 55.8 Å². The molecule has 2 amide bonds.